The summed E-state index contributed by atoms with van der Waals surface area (Å²) in [5.41, 5.74) is 5.78. The Labute approximate surface area is 118 Å². The predicted octanol–water partition coefficient (Wildman–Crippen LogP) is 1.43. The van der Waals surface area contributed by atoms with Gasteiger partial charge in [0.2, 0.25) is 11.9 Å². The van der Waals surface area contributed by atoms with Crippen molar-refractivity contribution in [1.29, 1.82) is 0 Å². The highest BCUT2D eigenvalue weighted by Crippen LogP contribution is 2.26. The van der Waals surface area contributed by atoms with E-state index in [1.165, 1.54) is 0 Å². The molecule has 0 aliphatic carbocycles. The Morgan fingerprint density at radius 3 is 2.47 bits per heavy atom. The molecule has 0 aromatic carbocycles. The summed E-state index contributed by atoms with van der Waals surface area (Å²) in [7, 11) is 0. The van der Waals surface area contributed by atoms with Crippen LogP contribution < -0.4 is 10.6 Å². The third-order valence-electron chi connectivity index (χ3n) is 3.14. The van der Waals surface area contributed by atoms with E-state index < -0.39 is 0 Å². The SMILES string of the molecule is CC(C)C(C)Sc1nc(N)nc(N2CCOCC2)n1. The average Bonchev–Trinajstić information content (AvgIpc) is 2.39. The lowest BCUT2D eigenvalue weighted by molar-refractivity contribution is 0.122. The Morgan fingerprint density at radius 1 is 1.16 bits per heavy atom. The number of hydrogen-bond donors (Lipinski definition) is 1. The standard InChI is InChI=1S/C12H21N5OS/c1-8(2)9(3)19-12-15-10(13)14-11(16-12)17-4-6-18-7-5-17/h8-9H,4-7H2,1-3H3,(H2,13,14,15,16). The van der Waals surface area contributed by atoms with Gasteiger partial charge >= 0.3 is 0 Å². The van der Waals surface area contributed by atoms with Crippen LogP contribution in [0.25, 0.3) is 0 Å². The molecule has 0 spiro atoms. The molecule has 1 fully saturated rings. The number of hydrogen-bond acceptors (Lipinski definition) is 7. The van der Waals surface area contributed by atoms with Gasteiger partial charge in [-0.2, -0.15) is 15.0 Å². The molecule has 0 radical (unpaired) electrons. The van der Waals surface area contributed by atoms with Gasteiger partial charge in [0.15, 0.2) is 5.16 Å². The number of nitrogens with zero attached hydrogens (tertiary/aromatic N) is 4. The summed E-state index contributed by atoms with van der Waals surface area (Å²) >= 11 is 1.64. The summed E-state index contributed by atoms with van der Waals surface area (Å²) in [5, 5.41) is 1.15. The van der Waals surface area contributed by atoms with E-state index in [-0.39, 0.29) is 5.95 Å². The number of rotatable bonds is 4. The monoisotopic (exact) mass is 283 g/mol. The van der Waals surface area contributed by atoms with Crippen molar-refractivity contribution in [2.24, 2.45) is 5.92 Å². The van der Waals surface area contributed by atoms with E-state index in [0.717, 1.165) is 13.1 Å². The van der Waals surface area contributed by atoms with Crippen LogP contribution in [0, 0.1) is 5.92 Å². The number of nitrogen functional groups attached to an aromatic ring is 1. The van der Waals surface area contributed by atoms with E-state index >= 15 is 0 Å². The van der Waals surface area contributed by atoms with Crippen LogP contribution in [0.1, 0.15) is 20.8 Å². The van der Waals surface area contributed by atoms with Crippen LogP contribution >= 0.6 is 11.8 Å². The molecule has 1 aromatic heterocycles. The lowest BCUT2D eigenvalue weighted by Crippen LogP contribution is -2.37. The van der Waals surface area contributed by atoms with E-state index in [1.807, 2.05) is 0 Å². The minimum atomic E-state index is 0.287. The molecule has 1 unspecified atom stereocenters. The number of anilines is 2. The lowest BCUT2D eigenvalue weighted by Gasteiger charge is -2.27. The minimum absolute atomic E-state index is 0.287. The second kappa shape index (κ2) is 6.38. The molecule has 2 rings (SSSR count). The van der Waals surface area contributed by atoms with Gasteiger partial charge in [0.25, 0.3) is 0 Å². The highest BCUT2D eigenvalue weighted by atomic mass is 32.2. The van der Waals surface area contributed by atoms with E-state index in [1.54, 1.807) is 11.8 Å². The zero-order valence-corrected chi connectivity index (χ0v) is 12.5. The molecular formula is C12H21N5OS. The van der Waals surface area contributed by atoms with Gasteiger partial charge in [-0.25, -0.2) is 0 Å². The Morgan fingerprint density at radius 2 is 1.84 bits per heavy atom. The fourth-order valence-electron chi connectivity index (χ4n) is 1.62. The Hall–Kier alpha value is -1.08. The van der Waals surface area contributed by atoms with Crippen LogP contribution in [-0.4, -0.2) is 46.5 Å². The molecule has 7 heteroatoms. The molecule has 19 heavy (non-hydrogen) atoms. The number of morpholine rings is 1. The topological polar surface area (TPSA) is 77.2 Å². The molecule has 0 amide bonds. The quantitative estimate of drug-likeness (QED) is 0.837. The molecular weight excluding hydrogens is 262 g/mol. The van der Waals surface area contributed by atoms with Gasteiger partial charge in [-0.1, -0.05) is 32.5 Å². The van der Waals surface area contributed by atoms with Gasteiger partial charge in [-0.15, -0.1) is 0 Å². The predicted molar refractivity (Wildman–Crippen MR) is 77.4 cm³/mol. The fourth-order valence-corrected chi connectivity index (χ4v) is 2.51. The number of nitrogens with two attached hydrogens (primary N) is 1. The molecule has 1 atom stereocenters. The van der Waals surface area contributed by atoms with Crippen LogP contribution in [0.15, 0.2) is 5.16 Å². The van der Waals surface area contributed by atoms with Crippen molar-refractivity contribution in [2.75, 3.05) is 36.9 Å². The first kappa shape index (κ1) is 14.3. The van der Waals surface area contributed by atoms with E-state index in [4.69, 9.17) is 10.5 Å². The summed E-state index contributed by atoms with van der Waals surface area (Å²) in [6.45, 7) is 9.55. The van der Waals surface area contributed by atoms with Crippen LogP contribution in [0.3, 0.4) is 0 Å². The Balaban J connectivity index is 2.14. The van der Waals surface area contributed by atoms with E-state index in [2.05, 4.69) is 40.6 Å². The van der Waals surface area contributed by atoms with Gasteiger partial charge in [0, 0.05) is 18.3 Å². The molecule has 106 valence electrons. The van der Waals surface area contributed by atoms with Crippen LogP contribution in [0.2, 0.25) is 0 Å². The highest BCUT2D eigenvalue weighted by Gasteiger charge is 2.17. The molecule has 0 saturated carbocycles. The van der Waals surface area contributed by atoms with Crippen molar-refractivity contribution >= 4 is 23.7 Å². The van der Waals surface area contributed by atoms with E-state index in [9.17, 15) is 0 Å². The Kier molecular flexibility index (Phi) is 4.81. The zero-order valence-electron chi connectivity index (χ0n) is 11.7. The summed E-state index contributed by atoms with van der Waals surface area (Å²) < 4.78 is 5.33. The maximum absolute atomic E-state index is 5.78. The largest absolute Gasteiger partial charge is 0.378 e. The lowest BCUT2D eigenvalue weighted by atomic mass is 10.2. The van der Waals surface area contributed by atoms with Crippen molar-refractivity contribution in [2.45, 2.75) is 31.2 Å². The Bertz CT molecular complexity index is 423. The molecule has 1 aliphatic rings. The second-order valence-corrected chi connectivity index (χ2v) is 6.29. The van der Waals surface area contributed by atoms with Gasteiger partial charge in [-0.05, 0) is 5.92 Å². The van der Waals surface area contributed by atoms with Crippen molar-refractivity contribution in [1.82, 2.24) is 15.0 Å². The maximum Gasteiger partial charge on any atom is 0.231 e. The van der Waals surface area contributed by atoms with Crippen molar-refractivity contribution in [3.8, 4) is 0 Å². The zero-order chi connectivity index (χ0) is 13.8. The van der Waals surface area contributed by atoms with Crippen LogP contribution in [0.4, 0.5) is 11.9 Å². The molecule has 2 heterocycles. The molecule has 2 N–H and O–H groups in total. The molecule has 1 aliphatic heterocycles. The van der Waals surface area contributed by atoms with Crippen LogP contribution in [0.5, 0.6) is 0 Å². The minimum Gasteiger partial charge on any atom is -0.378 e. The molecule has 1 aromatic rings. The average molecular weight is 283 g/mol. The highest BCUT2D eigenvalue weighted by molar-refractivity contribution is 7.99. The van der Waals surface area contributed by atoms with Gasteiger partial charge in [-0.3, -0.25) is 0 Å². The van der Waals surface area contributed by atoms with Gasteiger partial charge < -0.3 is 15.4 Å². The normalized spacial score (nSPS) is 17.8. The number of aromatic nitrogens is 3. The van der Waals surface area contributed by atoms with Gasteiger partial charge in [0.05, 0.1) is 13.2 Å². The number of thioether (sulfide) groups is 1. The maximum atomic E-state index is 5.78. The first-order valence-electron chi connectivity index (χ1n) is 6.57. The van der Waals surface area contributed by atoms with Crippen molar-refractivity contribution in [3.05, 3.63) is 0 Å². The van der Waals surface area contributed by atoms with Crippen molar-refractivity contribution in [3.63, 3.8) is 0 Å². The molecule has 6 nitrogen and oxygen atoms in total. The third-order valence-corrected chi connectivity index (χ3v) is 4.45. The first-order valence-corrected chi connectivity index (χ1v) is 7.45. The first-order chi connectivity index (χ1) is 9.06. The number of ether oxygens (including phenoxy) is 1. The fraction of sp³-hybridized carbons (Fsp3) is 0.750. The summed E-state index contributed by atoms with van der Waals surface area (Å²) in [4.78, 5) is 15.0. The summed E-state index contributed by atoms with van der Waals surface area (Å²) in [5.74, 6) is 1.51. The molecule has 1 saturated heterocycles. The summed E-state index contributed by atoms with van der Waals surface area (Å²) in [6, 6.07) is 0. The summed E-state index contributed by atoms with van der Waals surface area (Å²) in [6.07, 6.45) is 0. The third kappa shape index (κ3) is 3.94. The smallest absolute Gasteiger partial charge is 0.231 e. The van der Waals surface area contributed by atoms with Gasteiger partial charge in [0.1, 0.15) is 0 Å². The molecule has 0 bridgehead atoms. The second-order valence-electron chi connectivity index (χ2n) is 4.94. The van der Waals surface area contributed by atoms with Crippen LogP contribution in [-0.2, 0) is 4.74 Å². The van der Waals surface area contributed by atoms with E-state index in [0.29, 0.717) is 35.5 Å². The van der Waals surface area contributed by atoms with Crippen molar-refractivity contribution < 1.29 is 4.74 Å².